The van der Waals surface area contributed by atoms with Crippen molar-refractivity contribution in [2.75, 3.05) is 7.11 Å². The molecule has 2 heterocycles. The predicted molar refractivity (Wildman–Crippen MR) is 102 cm³/mol. The van der Waals surface area contributed by atoms with Crippen molar-refractivity contribution in [3.63, 3.8) is 0 Å². The summed E-state index contributed by atoms with van der Waals surface area (Å²) < 4.78 is 10.8. The van der Waals surface area contributed by atoms with Gasteiger partial charge in [-0.3, -0.25) is 4.79 Å². The van der Waals surface area contributed by atoms with Crippen molar-refractivity contribution >= 4 is 5.97 Å². The smallest absolute Gasteiger partial charge is 0.305 e. The van der Waals surface area contributed by atoms with Gasteiger partial charge in [0.1, 0.15) is 0 Å². The van der Waals surface area contributed by atoms with Crippen LogP contribution in [-0.2, 0) is 14.3 Å². The number of unbranched alkanes of at least 4 members (excludes halogenated alkanes) is 5. The molecule has 0 aromatic rings. The Balaban J connectivity index is 1.70. The summed E-state index contributed by atoms with van der Waals surface area (Å²) in [6, 6.07) is 0. The monoisotopic (exact) mass is 348 g/mol. The number of fused-ring (bicyclic) bond motifs is 2. The van der Waals surface area contributed by atoms with Gasteiger partial charge < -0.3 is 9.47 Å². The lowest BCUT2D eigenvalue weighted by Gasteiger charge is -2.24. The minimum absolute atomic E-state index is 0.112. The van der Waals surface area contributed by atoms with E-state index in [0.29, 0.717) is 30.5 Å². The standard InChI is InChI=1S/C22H36O3/c1-3-4-5-6-7-10-13-18-19(21-17-16-20(18)25-21)14-11-8-9-12-15-22(23)24-2/h8,10-11,13,18-21H,3-7,9,12,14-17H2,1-2H3/t18-,19+,20-,21+/m0/s1. The Morgan fingerprint density at radius 1 is 1.04 bits per heavy atom. The van der Waals surface area contributed by atoms with Crippen molar-refractivity contribution in [1.82, 2.24) is 0 Å². The maximum atomic E-state index is 11.1. The molecule has 2 fully saturated rings. The fourth-order valence-electron chi connectivity index (χ4n) is 4.17. The summed E-state index contributed by atoms with van der Waals surface area (Å²) >= 11 is 0. The van der Waals surface area contributed by atoms with Gasteiger partial charge in [-0.2, -0.15) is 0 Å². The molecule has 4 atom stereocenters. The first kappa shape index (κ1) is 20.2. The van der Waals surface area contributed by atoms with Crippen LogP contribution in [0.2, 0.25) is 0 Å². The van der Waals surface area contributed by atoms with Gasteiger partial charge in [0, 0.05) is 12.3 Å². The number of allylic oxidation sites excluding steroid dienone is 3. The summed E-state index contributed by atoms with van der Waals surface area (Å²) in [6.07, 6.45) is 22.7. The van der Waals surface area contributed by atoms with Gasteiger partial charge in [-0.05, 0) is 50.9 Å². The first-order chi connectivity index (χ1) is 12.3. The highest BCUT2D eigenvalue weighted by Gasteiger charge is 2.46. The van der Waals surface area contributed by atoms with E-state index in [4.69, 9.17) is 4.74 Å². The van der Waals surface area contributed by atoms with Crippen LogP contribution in [0, 0.1) is 11.8 Å². The fraction of sp³-hybridized carbons (Fsp3) is 0.773. The molecule has 2 bridgehead atoms. The Morgan fingerprint density at radius 2 is 1.84 bits per heavy atom. The minimum atomic E-state index is -0.112. The van der Waals surface area contributed by atoms with Crippen LogP contribution >= 0.6 is 0 Å². The average molecular weight is 349 g/mol. The van der Waals surface area contributed by atoms with E-state index in [-0.39, 0.29) is 5.97 Å². The van der Waals surface area contributed by atoms with Crippen molar-refractivity contribution in [3.8, 4) is 0 Å². The van der Waals surface area contributed by atoms with Crippen molar-refractivity contribution in [1.29, 1.82) is 0 Å². The molecular formula is C22H36O3. The third-order valence-electron chi connectivity index (χ3n) is 5.62. The van der Waals surface area contributed by atoms with E-state index in [1.807, 2.05) is 0 Å². The van der Waals surface area contributed by atoms with Crippen LogP contribution in [0.5, 0.6) is 0 Å². The largest absolute Gasteiger partial charge is 0.469 e. The predicted octanol–water partition coefficient (Wildman–Crippen LogP) is 5.60. The van der Waals surface area contributed by atoms with E-state index in [0.717, 1.165) is 19.3 Å². The number of rotatable bonds is 12. The SMILES string of the molecule is CCCCCCC=C[C@H]1[C@@H](CC=CCCCC(=O)OC)[C@H]2CC[C@@H]1O2. The second kappa shape index (κ2) is 11.5. The third kappa shape index (κ3) is 6.62. The molecule has 0 aromatic carbocycles. The first-order valence-corrected chi connectivity index (χ1v) is 10.3. The van der Waals surface area contributed by atoms with E-state index in [2.05, 4.69) is 36.0 Å². The lowest BCUT2D eigenvalue weighted by molar-refractivity contribution is -0.140. The van der Waals surface area contributed by atoms with Crippen LogP contribution in [0.1, 0.15) is 77.6 Å². The zero-order chi connectivity index (χ0) is 17.9. The van der Waals surface area contributed by atoms with E-state index in [1.54, 1.807) is 0 Å². The molecule has 0 spiro atoms. The second-order valence-electron chi connectivity index (χ2n) is 7.48. The van der Waals surface area contributed by atoms with E-state index < -0.39 is 0 Å². The molecule has 25 heavy (non-hydrogen) atoms. The van der Waals surface area contributed by atoms with Gasteiger partial charge in [0.25, 0.3) is 0 Å². The first-order valence-electron chi connectivity index (χ1n) is 10.3. The topological polar surface area (TPSA) is 35.5 Å². The van der Waals surface area contributed by atoms with Crippen LogP contribution in [-0.4, -0.2) is 25.3 Å². The Kier molecular flexibility index (Phi) is 9.31. The number of hydrogen-bond donors (Lipinski definition) is 0. The van der Waals surface area contributed by atoms with Gasteiger partial charge in [0.2, 0.25) is 0 Å². The number of carbonyl (C=O) groups excluding carboxylic acids is 1. The van der Waals surface area contributed by atoms with Crippen LogP contribution in [0.3, 0.4) is 0 Å². The highest BCUT2D eigenvalue weighted by atomic mass is 16.5. The molecule has 0 unspecified atom stereocenters. The highest BCUT2D eigenvalue weighted by Crippen LogP contribution is 2.45. The van der Waals surface area contributed by atoms with Gasteiger partial charge in [0.05, 0.1) is 19.3 Å². The van der Waals surface area contributed by atoms with E-state index in [1.165, 1.54) is 52.1 Å². The van der Waals surface area contributed by atoms with Gasteiger partial charge in [-0.1, -0.05) is 50.5 Å². The minimum Gasteiger partial charge on any atom is -0.469 e. The number of hydrogen-bond acceptors (Lipinski definition) is 3. The summed E-state index contributed by atoms with van der Waals surface area (Å²) in [5.41, 5.74) is 0. The Labute approximate surface area is 153 Å². The summed E-state index contributed by atoms with van der Waals surface area (Å²) in [6.45, 7) is 2.26. The molecule has 0 saturated carbocycles. The van der Waals surface area contributed by atoms with Crippen molar-refractivity contribution in [3.05, 3.63) is 24.3 Å². The molecule has 0 aliphatic carbocycles. The molecule has 2 rings (SSSR count). The summed E-state index contributed by atoms with van der Waals surface area (Å²) in [7, 11) is 1.45. The number of esters is 1. The molecular weight excluding hydrogens is 312 g/mol. The molecule has 0 radical (unpaired) electrons. The van der Waals surface area contributed by atoms with E-state index >= 15 is 0 Å². The second-order valence-corrected chi connectivity index (χ2v) is 7.48. The maximum absolute atomic E-state index is 11.1. The number of ether oxygens (including phenoxy) is 2. The van der Waals surface area contributed by atoms with Crippen LogP contribution in [0.15, 0.2) is 24.3 Å². The quantitative estimate of drug-likeness (QED) is 0.262. The summed E-state index contributed by atoms with van der Waals surface area (Å²) in [5.74, 6) is 1.13. The van der Waals surface area contributed by atoms with Crippen molar-refractivity contribution in [2.45, 2.75) is 89.8 Å². The zero-order valence-electron chi connectivity index (χ0n) is 16.1. The molecule has 3 heteroatoms. The normalized spacial score (nSPS) is 28.4. The number of carbonyl (C=O) groups is 1. The van der Waals surface area contributed by atoms with Crippen molar-refractivity contribution in [2.24, 2.45) is 11.8 Å². The molecule has 2 aliphatic rings. The van der Waals surface area contributed by atoms with E-state index in [9.17, 15) is 4.79 Å². The fourth-order valence-corrected chi connectivity index (χ4v) is 4.17. The summed E-state index contributed by atoms with van der Waals surface area (Å²) in [4.78, 5) is 11.1. The van der Waals surface area contributed by atoms with Crippen LogP contribution < -0.4 is 0 Å². The molecule has 2 aliphatic heterocycles. The molecule has 3 nitrogen and oxygen atoms in total. The highest BCUT2D eigenvalue weighted by molar-refractivity contribution is 5.69. The molecule has 0 aromatic heterocycles. The zero-order valence-corrected chi connectivity index (χ0v) is 16.1. The van der Waals surface area contributed by atoms with Crippen molar-refractivity contribution < 1.29 is 14.3 Å². The van der Waals surface area contributed by atoms with Gasteiger partial charge in [-0.15, -0.1) is 0 Å². The Morgan fingerprint density at radius 3 is 2.64 bits per heavy atom. The average Bonchev–Trinajstić information content (AvgIpc) is 3.22. The Hall–Kier alpha value is -1.09. The number of methoxy groups -OCH3 is 1. The van der Waals surface area contributed by atoms with Gasteiger partial charge >= 0.3 is 5.97 Å². The van der Waals surface area contributed by atoms with Crippen LogP contribution in [0.4, 0.5) is 0 Å². The molecule has 0 amide bonds. The maximum Gasteiger partial charge on any atom is 0.305 e. The van der Waals surface area contributed by atoms with Gasteiger partial charge in [0.15, 0.2) is 0 Å². The molecule has 0 N–H and O–H groups in total. The Bertz CT molecular complexity index is 441. The lowest BCUT2D eigenvalue weighted by Crippen LogP contribution is -2.25. The third-order valence-corrected chi connectivity index (χ3v) is 5.62. The summed E-state index contributed by atoms with van der Waals surface area (Å²) in [5, 5.41) is 0. The lowest BCUT2D eigenvalue weighted by atomic mass is 9.77. The van der Waals surface area contributed by atoms with Crippen LogP contribution in [0.25, 0.3) is 0 Å². The van der Waals surface area contributed by atoms with Gasteiger partial charge in [-0.25, -0.2) is 0 Å². The molecule has 2 saturated heterocycles. The molecule has 142 valence electrons.